The largest absolute Gasteiger partial charge is 0.351 e. The monoisotopic (exact) mass is 412 g/mol. The Hall–Kier alpha value is -2.67. The number of benzene rings is 1. The first-order valence-corrected chi connectivity index (χ1v) is 10.6. The number of hydrogen-bond acceptors (Lipinski definition) is 4. The number of rotatable bonds is 6. The van der Waals surface area contributed by atoms with E-state index in [1.165, 1.54) is 11.3 Å². The fourth-order valence-corrected chi connectivity index (χ4v) is 4.05. The topological polar surface area (TPSA) is 76.0 Å². The highest BCUT2D eigenvalue weighted by atomic mass is 32.1. The van der Waals surface area contributed by atoms with Gasteiger partial charge in [-0.2, -0.15) is 0 Å². The lowest BCUT2D eigenvalue weighted by molar-refractivity contribution is -0.123. The highest BCUT2D eigenvalue weighted by molar-refractivity contribution is 7.18. The Labute approximate surface area is 175 Å². The maximum absolute atomic E-state index is 12.6. The molecule has 6 nitrogen and oxygen atoms in total. The van der Waals surface area contributed by atoms with Gasteiger partial charge in [-0.05, 0) is 44.0 Å². The predicted molar refractivity (Wildman–Crippen MR) is 119 cm³/mol. The molecule has 0 spiro atoms. The molecule has 0 radical (unpaired) electrons. The van der Waals surface area contributed by atoms with Gasteiger partial charge in [-0.15, -0.1) is 11.3 Å². The Balaban J connectivity index is 1.56. The molecule has 0 atom stereocenters. The summed E-state index contributed by atoms with van der Waals surface area (Å²) in [6, 6.07) is 9.93. The molecule has 0 saturated carbocycles. The second-order valence-corrected chi connectivity index (χ2v) is 9.29. The van der Waals surface area contributed by atoms with Gasteiger partial charge < -0.3 is 15.2 Å². The van der Waals surface area contributed by atoms with Crippen LogP contribution < -0.4 is 10.6 Å². The molecule has 29 heavy (non-hydrogen) atoms. The van der Waals surface area contributed by atoms with Crippen molar-refractivity contribution in [3.63, 3.8) is 0 Å². The Kier molecular flexibility index (Phi) is 6.07. The Bertz CT molecular complexity index is 1040. The van der Waals surface area contributed by atoms with Crippen molar-refractivity contribution < 1.29 is 9.59 Å². The molecule has 0 fully saturated rings. The number of imidazole rings is 1. The summed E-state index contributed by atoms with van der Waals surface area (Å²) in [6.07, 6.45) is 0.810. The Morgan fingerprint density at radius 3 is 2.62 bits per heavy atom. The number of aryl methyl sites for hydroxylation is 3. The molecule has 2 heterocycles. The van der Waals surface area contributed by atoms with Gasteiger partial charge in [-0.25, -0.2) is 4.98 Å². The third kappa shape index (κ3) is 4.85. The van der Waals surface area contributed by atoms with Gasteiger partial charge in [0, 0.05) is 18.5 Å². The van der Waals surface area contributed by atoms with Crippen LogP contribution in [0.1, 0.15) is 48.3 Å². The summed E-state index contributed by atoms with van der Waals surface area (Å²) in [4.78, 5) is 29.9. The van der Waals surface area contributed by atoms with Gasteiger partial charge in [0.05, 0.1) is 20.9 Å². The number of nitrogens with zero attached hydrogens (tertiary/aromatic N) is 2. The van der Waals surface area contributed by atoms with Crippen LogP contribution in [-0.2, 0) is 11.3 Å². The predicted octanol–water partition coefficient (Wildman–Crippen LogP) is 4.52. The Morgan fingerprint density at radius 1 is 1.17 bits per heavy atom. The maximum Gasteiger partial charge on any atom is 0.261 e. The van der Waals surface area contributed by atoms with Crippen LogP contribution in [0, 0.1) is 19.3 Å². The van der Waals surface area contributed by atoms with Crippen LogP contribution >= 0.6 is 11.3 Å². The molecule has 3 rings (SSSR count). The van der Waals surface area contributed by atoms with E-state index in [-0.39, 0.29) is 11.8 Å². The molecule has 2 amide bonds. The molecule has 0 aliphatic rings. The van der Waals surface area contributed by atoms with E-state index in [9.17, 15) is 9.59 Å². The quantitative estimate of drug-likeness (QED) is 0.585. The molecule has 3 aromatic rings. The lowest BCUT2D eigenvalue weighted by Gasteiger charge is -2.16. The van der Waals surface area contributed by atoms with E-state index in [2.05, 4.69) is 26.3 Å². The summed E-state index contributed by atoms with van der Waals surface area (Å²) in [5.74, 6) is 0.815. The van der Waals surface area contributed by atoms with Crippen molar-refractivity contribution >= 4 is 39.2 Å². The van der Waals surface area contributed by atoms with Crippen molar-refractivity contribution in [2.75, 3.05) is 11.9 Å². The lowest BCUT2D eigenvalue weighted by atomic mass is 9.96. The molecule has 0 bridgehead atoms. The number of carbonyl (C=O) groups excluding carboxylic acids is 2. The molecule has 0 unspecified atom stereocenters. The number of carbonyl (C=O) groups is 2. The van der Waals surface area contributed by atoms with Crippen LogP contribution in [0.15, 0.2) is 30.3 Å². The van der Waals surface area contributed by atoms with Crippen LogP contribution in [0.25, 0.3) is 11.0 Å². The molecule has 0 aliphatic carbocycles. The van der Waals surface area contributed by atoms with Gasteiger partial charge in [0.25, 0.3) is 5.91 Å². The van der Waals surface area contributed by atoms with Crippen molar-refractivity contribution in [2.24, 2.45) is 5.41 Å². The molecule has 2 aromatic heterocycles. The number of fused-ring (bicyclic) bond motifs is 1. The summed E-state index contributed by atoms with van der Waals surface area (Å²) in [7, 11) is 0. The minimum atomic E-state index is -0.476. The summed E-state index contributed by atoms with van der Waals surface area (Å²) in [6.45, 7) is 10.8. The average molecular weight is 413 g/mol. The fraction of sp³-hybridized carbons (Fsp3) is 0.409. The zero-order valence-corrected chi connectivity index (χ0v) is 18.4. The minimum Gasteiger partial charge on any atom is -0.351 e. The number of nitrogens with one attached hydrogen (secondary N) is 2. The highest BCUT2D eigenvalue weighted by Gasteiger charge is 2.23. The first-order chi connectivity index (χ1) is 13.7. The zero-order valence-electron chi connectivity index (χ0n) is 17.6. The van der Waals surface area contributed by atoms with Crippen LogP contribution in [0.5, 0.6) is 0 Å². The minimum absolute atomic E-state index is 0.0614. The van der Waals surface area contributed by atoms with Crippen molar-refractivity contribution in [1.82, 2.24) is 14.9 Å². The average Bonchev–Trinajstić information content (AvgIpc) is 3.17. The molecule has 0 aliphatic heterocycles. The van der Waals surface area contributed by atoms with E-state index in [1.54, 1.807) is 0 Å². The number of hydrogen-bond donors (Lipinski definition) is 2. The second-order valence-electron chi connectivity index (χ2n) is 8.24. The van der Waals surface area contributed by atoms with E-state index >= 15 is 0 Å². The van der Waals surface area contributed by atoms with E-state index in [0.29, 0.717) is 16.4 Å². The highest BCUT2D eigenvalue weighted by Crippen LogP contribution is 2.28. The number of amides is 2. The number of anilines is 1. The molecule has 2 N–H and O–H groups in total. The van der Waals surface area contributed by atoms with Gasteiger partial charge in [-0.3, -0.25) is 9.59 Å². The second kappa shape index (κ2) is 8.37. The van der Waals surface area contributed by atoms with E-state index in [0.717, 1.165) is 35.4 Å². The number of thiophene rings is 1. The maximum atomic E-state index is 12.6. The van der Waals surface area contributed by atoms with Gasteiger partial charge in [0.1, 0.15) is 5.82 Å². The van der Waals surface area contributed by atoms with Crippen molar-refractivity contribution in [3.8, 4) is 0 Å². The van der Waals surface area contributed by atoms with Gasteiger partial charge >= 0.3 is 0 Å². The molecule has 0 saturated heterocycles. The Morgan fingerprint density at radius 2 is 1.90 bits per heavy atom. The summed E-state index contributed by atoms with van der Waals surface area (Å²) in [5, 5.41) is 6.59. The number of aromatic nitrogens is 2. The van der Waals surface area contributed by atoms with Crippen LogP contribution in [-0.4, -0.2) is 27.9 Å². The first kappa shape index (κ1) is 21.0. The van der Waals surface area contributed by atoms with Gasteiger partial charge in [-0.1, -0.05) is 32.9 Å². The van der Waals surface area contributed by atoms with Crippen LogP contribution in [0.3, 0.4) is 0 Å². The standard InChI is InChI=1S/C22H28N4O2S/c1-14-13-18(25-21(28)22(3,4)5)29-19(14)20(27)23-11-8-12-26-15(2)24-16-9-6-7-10-17(16)26/h6-7,9-10,13H,8,11-12H2,1-5H3,(H,23,27)(H,25,28). The van der Waals surface area contributed by atoms with Gasteiger partial charge in [0.2, 0.25) is 5.91 Å². The van der Waals surface area contributed by atoms with E-state index < -0.39 is 5.41 Å². The van der Waals surface area contributed by atoms with Crippen LogP contribution in [0.4, 0.5) is 5.00 Å². The summed E-state index contributed by atoms with van der Waals surface area (Å²) < 4.78 is 2.18. The molecule has 1 aromatic carbocycles. The molecule has 154 valence electrons. The van der Waals surface area contributed by atoms with Crippen LogP contribution in [0.2, 0.25) is 0 Å². The van der Waals surface area contributed by atoms with Gasteiger partial charge in [0.15, 0.2) is 0 Å². The number of para-hydroxylation sites is 2. The van der Waals surface area contributed by atoms with Crippen molar-refractivity contribution in [1.29, 1.82) is 0 Å². The third-order valence-corrected chi connectivity index (χ3v) is 5.88. The lowest BCUT2D eigenvalue weighted by Crippen LogP contribution is -2.27. The molecule has 7 heteroatoms. The summed E-state index contributed by atoms with van der Waals surface area (Å²) in [5.41, 5.74) is 2.50. The zero-order chi connectivity index (χ0) is 21.2. The molecular weight excluding hydrogens is 384 g/mol. The van der Waals surface area contributed by atoms with E-state index in [4.69, 9.17) is 0 Å². The first-order valence-electron chi connectivity index (χ1n) is 9.79. The third-order valence-electron chi connectivity index (χ3n) is 4.73. The SMILES string of the molecule is Cc1cc(NC(=O)C(C)(C)C)sc1C(=O)NCCCn1c(C)nc2ccccc21. The molecular formula is C22H28N4O2S. The fourth-order valence-electron chi connectivity index (χ4n) is 3.07. The van der Waals surface area contributed by atoms with Crippen molar-refractivity contribution in [3.05, 3.63) is 46.6 Å². The smallest absolute Gasteiger partial charge is 0.261 e. The normalized spacial score (nSPS) is 11.6. The van der Waals surface area contributed by atoms with E-state index in [1.807, 2.05) is 58.9 Å². The van der Waals surface area contributed by atoms with Crippen molar-refractivity contribution in [2.45, 2.75) is 47.6 Å². The summed E-state index contributed by atoms with van der Waals surface area (Å²) >= 11 is 1.31.